The van der Waals surface area contributed by atoms with Gasteiger partial charge in [0.15, 0.2) is 0 Å². The molecular weight excluding hydrogens is 206 g/mol. The Morgan fingerprint density at radius 3 is 3.00 bits per heavy atom. The lowest BCUT2D eigenvalue weighted by Gasteiger charge is -2.17. The van der Waals surface area contributed by atoms with Crippen LogP contribution in [0, 0.1) is 6.92 Å². The predicted molar refractivity (Wildman–Crippen MR) is 62.6 cm³/mol. The molecule has 16 heavy (non-hydrogen) atoms. The molecule has 1 rings (SSSR count). The minimum atomic E-state index is -0.218. The Balaban J connectivity index is 2.75. The van der Waals surface area contributed by atoms with Crippen LogP contribution in [0.25, 0.3) is 0 Å². The van der Waals surface area contributed by atoms with Crippen molar-refractivity contribution in [3.8, 4) is 0 Å². The van der Waals surface area contributed by atoms with E-state index >= 15 is 0 Å². The van der Waals surface area contributed by atoms with Crippen molar-refractivity contribution < 1.29 is 4.74 Å². The van der Waals surface area contributed by atoms with Crippen LogP contribution >= 0.6 is 0 Å². The molecule has 1 N–H and O–H groups in total. The van der Waals surface area contributed by atoms with Gasteiger partial charge in [0, 0.05) is 32.1 Å². The van der Waals surface area contributed by atoms with Gasteiger partial charge in [0.2, 0.25) is 0 Å². The van der Waals surface area contributed by atoms with Crippen LogP contribution in [0.5, 0.6) is 0 Å². The van der Waals surface area contributed by atoms with Crippen LogP contribution < -0.4 is 11.0 Å². The second kappa shape index (κ2) is 6.40. The van der Waals surface area contributed by atoms with E-state index in [9.17, 15) is 4.79 Å². The SMILES string of the molecule is CCNC(COC)Cn1cc(C)cnc1=O. The number of aromatic nitrogens is 2. The van der Waals surface area contributed by atoms with E-state index in [-0.39, 0.29) is 11.7 Å². The summed E-state index contributed by atoms with van der Waals surface area (Å²) in [4.78, 5) is 15.3. The van der Waals surface area contributed by atoms with E-state index in [4.69, 9.17) is 4.74 Å². The average Bonchev–Trinajstić information content (AvgIpc) is 2.24. The maximum Gasteiger partial charge on any atom is 0.347 e. The molecule has 0 fully saturated rings. The summed E-state index contributed by atoms with van der Waals surface area (Å²) in [6.07, 6.45) is 3.40. The van der Waals surface area contributed by atoms with Crippen molar-refractivity contribution in [3.05, 3.63) is 28.4 Å². The fourth-order valence-corrected chi connectivity index (χ4v) is 1.60. The Kier molecular flexibility index (Phi) is 5.14. The number of hydrogen-bond acceptors (Lipinski definition) is 4. The highest BCUT2D eigenvalue weighted by molar-refractivity contribution is 5.00. The molecule has 1 atom stereocenters. The van der Waals surface area contributed by atoms with Crippen molar-refractivity contribution in [1.82, 2.24) is 14.9 Å². The minimum absolute atomic E-state index is 0.135. The van der Waals surface area contributed by atoms with Crippen LogP contribution in [0.3, 0.4) is 0 Å². The van der Waals surface area contributed by atoms with Gasteiger partial charge in [-0.1, -0.05) is 6.92 Å². The lowest BCUT2D eigenvalue weighted by Crippen LogP contribution is -2.40. The third kappa shape index (κ3) is 3.75. The van der Waals surface area contributed by atoms with Crippen molar-refractivity contribution in [2.75, 3.05) is 20.3 Å². The molecule has 1 heterocycles. The quantitative estimate of drug-likeness (QED) is 0.750. The van der Waals surface area contributed by atoms with Crippen LogP contribution in [0.15, 0.2) is 17.2 Å². The first-order valence-electron chi connectivity index (χ1n) is 5.42. The second-order valence-corrected chi connectivity index (χ2v) is 3.78. The molecule has 0 amide bonds. The zero-order valence-electron chi connectivity index (χ0n) is 10.1. The topological polar surface area (TPSA) is 56.1 Å². The van der Waals surface area contributed by atoms with Gasteiger partial charge in [0.05, 0.1) is 6.61 Å². The minimum Gasteiger partial charge on any atom is -0.383 e. The van der Waals surface area contributed by atoms with Crippen molar-refractivity contribution in [1.29, 1.82) is 0 Å². The first kappa shape index (κ1) is 12.9. The van der Waals surface area contributed by atoms with Gasteiger partial charge in [-0.2, -0.15) is 0 Å². The van der Waals surface area contributed by atoms with Gasteiger partial charge >= 0.3 is 5.69 Å². The summed E-state index contributed by atoms with van der Waals surface area (Å²) in [6.45, 7) is 5.95. The fourth-order valence-electron chi connectivity index (χ4n) is 1.60. The van der Waals surface area contributed by atoms with E-state index in [0.717, 1.165) is 12.1 Å². The number of methoxy groups -OCH3 is 1. The Morgan fingerprint density at radius 2 is 2.38 bits per heavy atom. The van der Waals surface area contributed by atoms with Gasteiger partial charge in [-0.15, -0.1) is 0 Å². The lowest BCUT2D eigenvalue weighted by molar-refractivity contribution is 0.159. The molecule has 1 aromatic heterocycles. The summed E-state index contributed by atoms with van der Waals surface area (Å²) in [6, 6.07) is 0.135. The highest BCUT2D eigenvalue weighted by Crippen LogP contribution is 1.94. The van der Waals surface area contributed by atoms with Crippen LogP contribution in [-0.2, 0) is 11.3 Å². The molecular formula is C11H19N3O2. The van der Waals surface area contributed by atoms with E-state index in [2.05, 4.69) is 10.3 Å². The summed E-state index contributed by atoms with van der Waals surface area (Å²) >= 11 is 0. The third-order valence-corrected chi connectivity index (χ3v) is 2.26. The summed E-state index contributed by atoms with van der Waals surface area (Å²) in [5.74, 6) is 0. The molecule has 0 radical (unpaired) electrons. The Bertz CT molecular complexity index is 370. The molecule has 0 saturated carbocycles. The molecule has 0 bridgehead atoms. The molecule has 0 aliphatic carbocycles. The van der Waals surface area contributed by atoms with Crippen LogP contribution in [0.2, 0.25) is 0 Å². The summed E-state index contributed by atoms with van der Waals surface area (Å²) in [7, 11) is 1.65. The standard InChI is InChI=1S/C11H19N3O2/c1-4-12-10(8-16-3)7-14-6-9(2)5-13-11(14)15/h5-6,10,12H,4,7-8H2,1-3H3. The van der Waals surface area contributed by atoms with E-state index in [1.807, 2.05) is 20.0 Å². The van der Waals surface area contributed by atoms with E-state index in [1.54, 1.807) is 17.9 Å². The number of aryl methyl sites for hydroxylation is 1. The normalized spacial score (nSPS) is 12.7. The maximum atomic E-state index is 11.5. The summed E-state index contributed by atoms with van der Waals surface area (Å²) in [5.41, 5.74) is 0.761. The monoisotopic (exact) mass is 225 g/mol. The van der Waals surface area contributed by atoms with Crippen LogP contribution in [0.4, 0.5) is 0 Å². The molecule has 5 nitrogen and oxygen atoms in total. The average molecular weight is 225 g/mol. The summed E-state index contributed by atoms with van der Waals surface area (Å²) < 4.78 is 6.71. The van der Waals surface area contributed by atoms with Gasteiger partial charge in [-0.05, 0) is 19.0 Å². The molecule has 5 heteroatoms. The van der Waals surface area contributed by atoms with Gasteiger partial charge in [-0.3, -0.25) is 4.57 Å². The van der Waals surface area contributed by atoms with Gasteiger partial charge in [0.25, 0.3) is 0 Å². The van der Waals surface area contributed by atoms with Crippen LogP contribution in [0.1, 0.15) is 12.5 Å². The van der Waals surface area contributed by atoms with Crippen molar-refractivity contribution in [2.24, 2.45) is 0 Å². The number of likely N-dealkylation sites (N-methyl/N-ethyl adjacent to an activating group) is 1. The first-order chi connectivity index (χ1) is 7.67. The Labute approximate surface area is 95.5 Å². The lowest BCUT2D eigenvalue weighted by atomic mass is 10.3. The third-order valence-electron chi connectivity index (χ3n) is 2.26. The summed E-state index contributed by atoms with van der Waals surface area (Å²) in [5, 5.41) is 3.27. The number of nitrogens with zero attached hydrogens (tertiary/aromatic N) is 2. The van der Waals surface area contributed by atoms with Crippen molar-refractivity contribution in [3.63, 3.8) is 0 Å². The molecule has 0 aliphatic heterocycles. The van der Waals surface area contributed by atoms with Gasteiger partial charge in [0.1, 0.15) is 0 Å². The maximum absolute atomic E-state index is 11.5. The predicted octanol–water partition coefficient (Wildman–Crippen LogP) is 0.176. The molecule has 1 unspecified atom stereocenters. The Hall–Kier alpha value is -1.20. The van der Waals surface area contributed by atoms with Gasteiger partial charge in [-0.25, -0.2) is 9.78 Å². The molecule has 0 spiro atoms. The van der Waals surface area contributed by atoms with E-state index < -0.39 is 0 Å². The second-order valence-electron chi connectivity index (χ2n) is 3.78. The number of hydrogen-bond donors (Lipinski definition) is 1. The molecule has 1 aromatic rings. The number of rotatable bonds is 6. The van der Waals surface area contributed by atoms with Gasteiger partial charge < -0.3 is 10.1 Å². The van der Waals surface area contributed by atoms with Crippen molar-refractivity contribution >= 4 is 0 Å². The Morgan fingerprint density at radius 1 is 1.62 bits per heavy atom. The largest absolute Gasteiger partial charge is 0.383 e. The highest BCUT2D eigenvalue weighted by atomic mass is 16.5. The smallest absolute Gasteiger partial charge is 0.347 e. The highest BCUT2D eigenvalue weighted by Gasteiger charge is 2.08. The molecule has 0 aliphatic rings. The molecule has 0 aromatic carbocycles. The van der Waals surface area contributed by atoms with E-state index in [1.165, 1.54) is 0 Å². The zero-order chi connectivity index (χ0) is 12.0. The number of ether oxygens (including phenoxy) is 1. The first-order valence-corrected chi connectivity index (χ1v) is 5.42. The van der Waals surface area contributed by atoms with E-state index in [0.29, 0.717) is 13.2 Å². The molecule has 0 saturated heterocycles. The fraction of sp³-hybridized carbons (Fsp3) is 0.636. The number of nitrogens with one attached hydrogen (secondary N) is 1. The zero-order valence-corrected chi connectivity index (χ0v) is 10.1. The van der Waals surface area contributed by atoms with Crippen molar-refractivity contribution in [2.45, 2.75) is 26.4 Å². The van der Waals surface area contributed by atoms with Crippen LogP contribution in [-0.4, -0.2) is 35.9 Å². The molecule has 90 valence electrons.